The van der Waals surface area contributed by atoms with Crippen molar-refractivity contribution < 1.29 is 19.1 Å². The number of fused-ring (bicyclic) bond motifs is 2. The second kappa shape index (κ2) is 9.67. The van der Waals surface area contributed by atoms with Crippen molar-refractivity contribution in [1.82, 2.24) is 10.2 Å². The van der Waals surface area contributed by atoms with E-state index in [1.165, 1.54) is 13.5 Å². The third kappa shape index (κ3) is 5.14. The molecule has 3 rings (SSSR count). The Kier molecular flexibility index (Phi) is 7.24. The molecule has 0 aromatic heterocycles. The Hall–Kier alpha value is -1.99. The van der Waals surface area contributed by atoms with Crippen LogP contribution in [0.1, 0.15) is 49.4 Å². The number of nitrogen functional groups attached to an aromatic ring is 1. The van der Waals surface area contributed by atoms with E-state index in [1.807, 2.05) is 6.92 Å². The van der Waals surface area contributed by atoms with Gasteiger partial charge in [-0.15, -0.1) is 0 Å². The number of halogens is 1. The first-order valence-electron chi connectivity index (χ1n) is 10.3. The number of methoxy groups -OCH3 is 1. The number of ether oxygens (including phenoxy) is 2. The third-order valence-electron chi connectivity index (χ3n) is 5.96. The molecule has 2 aliphatic rings. The van der Waals surface area contributed by atoms with Crippen LogP contribution in [0.2, 0.25) is 5.02 Å². The zero-order valence-corrected chi connectivity index (χ0v) is 17.8. The lowest BCUT2D eigenvalue weighted by molar-refractivity contribution is -0.147. The molecule has 0 radical (unpaired) electrons. The predicted octanol–water partition coefficient (Wildman–Crippen LogP) is 2.86. The molecule has 2 atom stereocenters. The van der Waals surface area contributed by atoms with Gasteiger partial charge in [-0.25, -0.2) is 0 Å². The number of hydrogen-bond acceptors (Lipinski definition) is 6. The molecule has 8 heteroatoms. The van der Waals surface area contributed by atoms with E-state index < -0.39 is 0 Å². The van der Waals surface area contributed by atoms with Crippen LogP contribution in [0.5, 0.6) is 5.75 Å². The number of benzene rings is 1. The van der Waals surface area contributed by atoms with E-state index in [2.05, 4.69) is 10.2 Å². The van der Waals surface area contributed by atoms with Crippen LogP contribution in [0.15, 0.2) is 12.1 Å². The molecule has 2 fully saturated rings. The monoisotopic (exact) mass is 423 g/mol. The zero-order chi connectivity index (χ0) is 21.0. The van der Waals surface area contributed by atoms with Crippen molar-refractivity contribution in [3.05, 3.63) is 22.7 Å². The molecular formula is C21H30ClN3O4. The summed E-state index contributed by atoms with van der Waals surface area (Å²) in [7, 11) is 1.50. The summed E-state index contributed by atoms with van der Waals surface area (Å²) in [6, 6.07) is 3.85. The quantitative estimate of drug-likeness (QED) is 0.517. The number of nitrogens with zero attached hydrogens (tertiary/aromatic N) is 1. The Balaban J connectivity index is 1.59. The first kappa shape index (κ1) is 21.7. The number of piperidine rings is 2. The van der Waals surface area contributed by atoms with E-state index >= 15 is 0 Å². The number of carbonyl (C=O) groups excluding carboxylic acids is 2. The van der Waals surface area contributed by atoms with Gasteiger partial charge in [-0.2, -0.15) is 0 Å². The lowest BCUT2D eigenvalue weighted by Gasteiger charge is -2.48. The third-order valence-corrected chi connectivity index (χ3v) is 6.28. The van der Waals surface area contributed by atoms with Gasteiger partial charge in [-0.1, -0.05) is 18.0 Å². The van der Waals surface area contributed by atoms with Gasteiger partial charge in [-0.05, 0) is 44.6 Å². The Bertz CT molecular complexity index is 744. The maximum absolute atomic E-state index is 12.7. The molecule has 0 aliphatic carbocycles. The molecular weight excluding hydrogens is 394 g/mol. The van der Waals surface area contributed by atoms with Crippen molar-refractivity contribution in [3.8, 4) is 5.75 Å². The average Bonchev–Trinajstić information content (AvgIpc) is 2.68. The summed E-state index contributed by atoms with van der Waals surface area (Å²) in [6.45, 7) is 3.19. The summed E-state index contributed by atoms with van der Waals surface area (Å²) in [5.41, 5.74) is 6.55. The number of nitrogens with one attached hydrogen (secondary N) is 1. The second-order valence-electron chi connectivity index (χ2n) is 7.84. The Labute approximate surface area is 176 Å². The molecule has 29 heavy (non-hydrogen) atoms. The number of amides is 1. The number of esters is 1. The van der Waals surface area contributed by atoms with Gasteiger partial charge in [0.2, 0.25) is 0 Å². The molecule has 2 saturated heterocycles. The molecule has 7 nitrogen and oxygen atoms in total. The fraction of sp³-hybridized carbons (Fsp3) is 0.619. The minimum Gasteiger partial charge on any atom is -0.496 e. The normalized spacial score (nSPS) is 24.0. The van der Waals surface area contributed by atoms with Gasteiger partial charge >= 0.3 is 5.97 Å². The van der Waals surface area contributed by atoms with E-state index in [-0.39, 0.29) is 11.9 Å². The maximum Gasteiger partial charge on any atom is 0.320 e. The van der Waals surface area contributed by atoms with Crippen molar-refractivity contribution in [2.45, 2.75) is 51.1 Å². The maximum atomic E-state index is 12.7. The van der Waals surface area contributed by atoms with Crippen molar-refractivity contribution >= 4 is 29.2 Å². The van der Waals surface area contributed by atoms with Gasteiger partial charge in [0.1, 0.15) is 5.75 Å². The second-order valence-corrected chi connectivity index (χ2v) is 8.24. The molecule has 2 bridgehead atoms. The lowest BCUT2D eigenvalue weighted by Crippen LogP contribution is -2.55. The van der Waals surface area contributed by atoms with Gasteiger partial charge < -0.3 is 20.5 Å². The molecule has 3 N–H and O–H groups in total. The van der Waals surface area contributed by atoms with E-state index in [1.54, 1.807) is 12.1 Å². The predicted molar refractivity (Wildman–Crippen MR) is 112 cm³/mol. The van der Waals surface area contributed by atoms with Crippen LogP contribution >= 0.6 is 11.6 Å². The van der Waals surface area contributed by atoms with E-state index in [4.69, 9.17) is 26.8 Å². The van der Waals surface area contributed by atoms with Crippen LogP contribution in [0.4, 0.5) is 5.69 Å². The number of hydrogen-bond donors (Lipinski definition) is 2. The van der Waals surface area contributed by atoms with E-state index in [0.717, 1.165) is 25.7 Å². The summed E-state index contributed by atoms with van der Waals surface area (Å²) in [5, 5.41) is 3.36. The van der Waals surface area contributed by atoms with Crippen LogP contribution < -0.4 is 15.8 Å². The van der Waals surface area contributed by atoms with Gasteiger partial charge in [0, 0.05) is 24.7 Å². The summed E-state index contributed by atoms with van der Waals surface area (Å²) >= 11 is 6.08. The summed E-state index contributed by atoms with van der Waals surface area (Å²) in [4.78, 5) is 27.0. The molecule has 1 amide bonds. The fourth-order valence-corrected chi connectivity index (χ4v) is 4.78. The van der Waals surface area contributed by atoms with Gasteiger partial charge in [0.05, 0.1) is 36.5 Å². The number of nitrogens with two attached hydrogens (primary N) is 1. The van der Waals surface area contributed by atoms with Crippen LogP contribution in [-0.4, -0.2) is 55.7 Å². The van der Waals surface area contributed by atoms with Crippen LogP contribution in [0.3, 0.4) is 0 Å². The molecule has 0 saturated carbocycles. The molecule has 2 heterocycles. The number of rotatable bonds is 7. The Morgan fingerprint density at radius 2 is 1.97 bits per heavy atom. The summed E-state index contributed by atoms with van der Waals surface area (Å²) in [5.74, 6) is 0.416. The van der Waals surface area contributed by atoms with Crippen molar-refractivity contribution in [3.63, 3.8) is 0 Å². The topological polar surface area (TPSA) is 93.9 Å². The number of carbonyl (C=O) groups is 2. The minimum atomic E-state index is -0.220. The van der Waals surface area contributed by atoms with Gasteiger partial charge in [0.15, 0.2) is 0 Å². The Morgan fingerprint density at radius 3 is 2.59 bits per heavy atom. The first-order chi connectivity index (χ1) is 13.9. The summed E-state index contributed by atoms with van der Waals surface area (Å²) < 4.78 is 10.4. The summed E-state index contributed by atoms with van der Waals surface area (Å²) in [6.07, 6.45) is 5.30. The molecule has 1 aromatic rings. The first-order valence-corrected chi connectivity index (χ1v) is 10.6. The minimum absolute atomic E-state index is 0.150. The van der Waals surface area contributed by atoms with Gasteiger partial charge in [0.25, 0.3) is 5.91 Å². The highest BCUT2D eigenvalue weighted by Crippen LogP contribution is 2.37. The zero-order valence-electron chi connectivity index (χ0n) is 17.1. The SMILES string of the molecule is CCOC(=O)CN1C2CCCC1CC(CNC(=O)c1cc(Cl)c(N)cc1OC)C2. The molecule has 2 aliphatic heterocycles. The highest BCUT2D eigenvalue weighted by atomic mass is 35.5. The standard InChI is InChI=1S/C21H30ClN3O4/c1-3-29-20(26)12-25-14-5-4-6-15(25)8-13(7-14)11-24-21(27)16-9-17(22)18(23)10-19(16)28-2/h9-10,13-15H,3-8,11-12,23H2,1-2H3,(H,24,27). The molecule has 160 valence electrons. The van der Waals surface area contributed by atoms with Crippen LogP contribution in [0, 0.1) is 5.92 Å². The molecule has 0 spiro atoms. The average molecular weight is 424 g/mol. The molecule has 1 aromatic carbocycles. The van der Waals surface area contributed by atoms with E-state index in [9.17, 15) is 9.59 Å². The van der Waals surface area contributed by atoms with E-state index in [0.29, 0.717) is 59.7 Å². The Morgan fingerprint density at radius 1 is 1.28 bits per heavy atom. The van der Waals surface area contributed by atoms with Crippen LogP contribution in [-0.2, 0) is 9.53 Å². The largest absolute Gasteiger partial charge is 0.496 e. The fourth-order valence-electron chi connectivity index (χ4n) is 4.62. The van der Waals surface area contributed by atoms with Crippen molar-refractivity contribution in [2.75, 3.05) is 32.5 Å². The van der Waals surface area contributed by atoms with Crippen molar-refractivity contribution in [1.29, 1.82) is 0 Å². The highest BCUT2D eigenvalue weighted by molar-refractivity contribution is 6.33. The van der Waals surface area contributed by atoms with Crippen LogP contribution in [0.25, 0.3) is 0 Å². The lowest BCUT2D eigenvalue weighted by atomic mass is 9.78. The highest BCUT2D eigenvalue weighted by Gasteiger charge is 2.39. The van der Waals surface area contributed by atoms with Crippen molar-refractivity contribution in [2.24, 2.45) is 5.92 Å². The smallest absolute Gasteiger partial charge is 0.320 e. The number of anilines is 1. The molecule has 2 unspecified atom stereocenters. The van der Waals surface area contributed by atoms with Gasteiger partial charge in [-0.3, -0.25) is 14.5 Å².